The Bertz CT molecular complexity index is 275. The van der Waals surface area contributed by atoms with E-state index in [4.69, 9.17) is 5.11 Å². The molecule has 5 heteroatoms. The normalized spacial score (nSPS) is 22.0. The molecule has 0 bridgehead atoms. The zero-order valence-electron chi connectivity index (χ0n) is 9.32. The fourth-order valence-corrected chi connectivity index (χ4v) is 1.80. The maximum atomic E-state index is 11.6. The number of carbonyl (C=O) groups excluding carboxylic acids is 2. The van der Waals surface area contributed by atoms with Crippen molar-refractivity contribution >= 4 is 11.9 Å². The second kappa shape index (κ2) is 4.18. The third kappa shape index (κ3) is 2.12. The van der Waals surface area contributed by atoms with Crippen LogP contribution in [0.2, 0.25) is 0 Å². The largest absolute Gasteiger partial charge is 0.467 e. The van der Waals surface area contributed by atoms with Gasteiger partial charge in [0.15, 0.2) is 0 Å². The molecular weight excluding hydrogens is 198 g/mol. The Labute approximate surface area is 89.0 Å². The number of methoxy groups -OCH3 is 1. The number of carbonyl (C=O) groups is 2. The molecule has 0 aromatic heterocycles. The maximum absolute atomic E-state index is 11.6. The number of likely N-dealkylation sites (tertiary alicyclic amines) is 1. The van der Waals surface area contributed by atoms with Crippen molar-refractivity contribution in [3.05, 3.63) is 0 Å². The predicted molar refractivity (Wildman–Crippen MR) is 53.0 cm³/mol. The van der Waals surface area contributed by atoms with Gasteiger partial charge in [-0.15, -0.1) is 0 Å². The van der Waals surface area contributed by atoms with E-state index in [1.54, 1.807) is 13.8 Å². The Hall–Kier alpha value is -1.10. The number of ether oxygens (including phenoxy) is 1. The van der Waals surface area contributed by atoms with Crippen LogP contribution in [0.3, 0.4) is 0 Å². The average Bonchev–Trinajstić information content (AvgIpc) is 2.58. The highest BCUT2D eigenvalue weighted by atomic mass is 16.5. The summed E-state index contributed by atoms with van der Waals surface area (Å²) in [6.07, 6.45) is 0.303. The minimum atomic E-state index is -0.949. The van der Waals surface area contributed by atoms with Gasteiger partial charge in [0.1, 0.15) is 5.54 Å². The van der Waals surface area contributed by atoms with Gasteiger partial charge in [-0.3, -0.25) is 4.79 Å². The van der Waals surface area contributed by atoms with Crippen LogP contribution in [0.4, 0.5) is 0 Å². The Kier molecular flexibility index (Phi) is 3.34. The van der Waals surface area contributed by atoms with Crippen molar-refractivity contribution in [3.63, 3.8) is 0 Å². The van der Waals surface area contributed by atoms with Crippen molar-refractivity contribution < 1.29 is 19.4 Å². The number of aliphatic hydroxyl groups is 1. The number of hydrogen-bond acceptors (Lipinski definition) is 4. The van der Waals surface area contributed by atoms with E-state index in [9.17, 15) is 9.59 Å². The molecule has 1 N–H and O–H groups in total. The lowest BCUT2D eigenvalue weighted by Gasteiger charge is -2.32. The van der Waals surface area contributed by atoms with Gasteiger partial charge in [0, 0.05) is 25.5 Å². The minimum absolute atomic E-state index is 0.0283. The zero-order chi connectivity index (χ0) is 11.6. The highest BCUT2D eigenvalue weighted by Crippen LogP contribution is 2.26. The number of aliphatic hydroxyl groups excluding tert-OH is 1. The molecule has 86 valence electrons. The summed E-state index contributed by atoms with van der Waals surface area (Å²) in [5, 5.41) is 8.97. The van der Waals surface area contributed by atoms with E-state index in [1.165, 1.54) is 12.0 Å². The number of amides is 1. The fourth-order valence-electron chi connectivity index (χ4n) is 1.80. The highest BCUT2D eigenvalue weighted by Gasteiger charge is 2.43. The molecule has 0 aromatic carbocycles. The van der Waals surface area contributed by atoms with Crippen molar-refractivity contribution in [3.8, 4) is 0 Å². The Morgan fingerprint density at radius 2 is 2.27 bits per heavy atom. The molecule has 1 heterocycles. The quantitative estimate of drug-likeness (QED) is 0.661. The van der Waals surface area contributed by atoms with Crippen molar-refractivity contribution in [2.45, 2.75) is 25.8 Å². The van der Waals surface area contributed by atoms with Crippen LogP contribution in [0.5, 0.6) is 0 Å². The SMILES string of the molecule is COC(=O)C(C)(C)N1CC(CO)CC1=O. The Morgan fingerprint density at radius 3 is 2.67 bits per heavy atom. The van der Waals surface area contributed by atoms with Gasteiger partial charge < -0.3 is 14.7 Å². The summed E-state index contributed by atoms with van der Waals surface area (Å²) in [4.78, 5) is 24.6. The lowest BCUT2D eigenvalue weighted by Crippen LogP contribution is -2.51. The number of hydrogen-bond donors (Lipinski definition) is 1. The number of esters is 1. The summed E-state index contributed by atoms with van der Waals surface area (Å²) in [5.74, 6) is -0.611. The molecule has 1 fully saturated rings. The summed E-state index contributed by atoms with van der Waals surface area (Å²) in [5.41, 5.74) is -0.949. The van der Waals surface area contributed by atoms with E-state index in [1.807, 2.05) is 0 Å². The van der Waals surface area contributed by atoms with Crippen LogP contribution < -0.4 is 0 Å². The minimum Gasteiger partial charge on any atom is -0.467 e. The van der Waals surface area contributed by atoms with E-state index < -0.39 is 11.5 Å². The second-order valence-electron chi connectivity index (χ2n) is 4.31. The van der Waals surface area contributed by atoms with Gasteiger partial charge >= 0.3 is 5.97 Å². The molecule has 0 saturated carbocycles. The van der Waals surface area contributed by atoms with Gasteiger partial charge in [-0.1, -0.05) is 0 Å². The monoisotopic (exact) mass is 215 g/mol. The third-order valence-electron chi connectivity index (χ3n) is 2.82. The smallest absolute Gasteiger partial charge is 0.331 e. The summed E-state index contributed by atoms with van der Waals surface area (Å²) in [6, 6.07) is 0. The van der Waals surface area contributed by atoms with Gasteiger partial charge in [-0.25, -0.2) is 4.79 Å². The Balaban J connectivity index is 2.80. The van der Waals surface area contributed by atoms with Crippen LogP contribution in [0.25, 0.3) is 0 Å². The molecule has 1 amide bonds. The highest BCUT2D eigenvalue weighted by molar-refractivity contribution is 5.88. The Morgan fingerprint density at radius 1 is 1.67 bits per heavy atom. The standard InChI is InChI=1S/C10H17NO4/c1-10(2,9(14)15-3)11-5-7(6-12)4-8(11)13/h7,12H,4-6H2,1-3H3. The molecule has 0 aliphatic carbocycles. The summed E-state index contributed by atoms with van der Waals surface area (Å²) in [7, 11) is 1.30. The molecule has 0 radical (unpaired) electrons. The first-order valence-corrected chi connectivity index (χ1v) is 4.93. The predicted octanol–water partition coefficient (Wildman–Crippen LogP) is -0.221. The maximum Gasteiger partial charge on any atom is 0.331 e. The molecule has 5 nitrogen and oxygen atoms in total. The molecule has 1 aliphatic heterocycles. The van der Waals surface area contributed by atoms with Crippen molar-refractivity contribution in [1.82, 2.24) is 4.90 Å². The third-order valence-corrected chi connectivity index (χ3v) is 2.82. The second-order valence-corrected chi connectivity index (χ2v) is 4.31. The molecule has 1 aliphatic rings. The van der Waals surface area contributed by atoms with E-state index in [0.29, 0.717) is 13.0 Å². The van der Waals surface area contributed by atoms with Crippen LogP contribution in [0.15, 0.2) is 0 Å². The van der Waals surface area contributed by atoms with E-state index in [-0.39, 0.29) is 18.4 Å². The number of rotatable bonds is 3. The van der Waals surface area contributed by atoms with Crippen LogP contribution in [0.1, 0.15) is 20.3 Å². The molecule has 1 atom stereocenters. The van der Waals surface area contributed by atoms with Gasteiger partial charge in [0.25, 0.3) is 0 Å². The van der Waals surface area contributed by atoms with Crippen molar-refractivity contribution in [1.29, 1.82) is 0 Å². The molecule has 1 rings (SSSR count). The first-order valence-electron chi connectivity index (χ1n) is 4.93. The molecule has 0 spiro atoms. The first kappa shape index (κ1) is 12.0. The lowest BCUT2D eigenvalue weighted by molar-refractivity contribution is -0.157. The zero-order valence-corrected chi connectivity index (χ0v) is 9.32. The van der Waals surface area contributed by atoms with Gasteiger partial charge in [0.2, 0.25) is 5.91 Å². The topological polar surface area (TPSA) is 66.8 Å². The average molecular weight is 215 g/mol. The van der Waals surface area contributed by atoms with Crippen LogP contribution in [0, 0.1) is 5.92 Å². The van der Waals surface area contributed by atoms with Gasteiger partial charge in [0.05, 0.1) is 7.11 Å². The molecule has 15 heavy (non-hydrogen) atoms. The van der Waals surface area contributed by atoms with E-state index in [2.05, 4.69) is 4.74 Å². The van der Waals surface area contributed by atoms with Gasteiger partial charge in [-0.05, 0) is 13.8 Å². The molecular formula is C10H17NO4. The van der Waals surface area contributed by atoms with Crippen LogP contribution >= 0.6 is 0 Å². The van der Waals surface area contributed by atoms with Crippen molar-refractivity contribution in [2.24, 2.45) is 5.92 Å². The fraction of sp³-hybridized carbons (Fsp3) is 0.800. The lowest BCUT2D eigenvalue weighted by atomic mass is 10.0. The van der Waals surface area contributed by atoms with Crippen molar-refractivity contribution in [2.75, 3.05) is 20.3 Å². The van der Waals surface area contributed by atoms with E-state index >= 15 is 0 Å². The summed E-state index contributed by atoms with van der Waals surface area (Å²) in [6.45, 7) is 3.68. The van der Waals surface area contributed by atoms with Crippen LogP contribution in [-0.4, -0.2) is 47.7 Å². The summed E-state index contributed by atoms with van der Waals surface area (Å²) < 4.78 is 4.65. The summed E-state index contributed by atoms with van der Waals surface area (Å²) >= 11 is 0. The van der Waals surface area contributed by atoms with Crippen LogP contribution in [-0.2, 0) is 14.3 Å². The van der Waals surface area contributed by atoms with E-state index in [0.717, 1.165) is 0 Å². The first-order chi connectivity index (χ1) is 6.93. The van der Waals surface area contributed by atoms with Gasteiger partial charge in [-0.2, -0.15) is 0 Å². The molecule has 1 unspecified atom stereocenters. The number of nitrogens with zero attached hydrogens (tertiary/aromatic N) is 1. The molecule has 0 aromatic rings. The molecule has 1 saturated heterocycles.